The highest BCUT2D eigenvalue weighted by atomic mass is 19.1. The van der Waals surface area contributed by atoms with Crippen molar-refractivity contribution < 1.29 is 4.39 Å². The molecule has 4 rings (SSSR count). The van der Waals surface area contributed by atoms with Gasteiger partial charge in [-0.15, -0.1) is 0 Å². The molecule has 1 fully saturated rings. The van der Waals surface area contributed by atoms with Crippen molar-refractivity contribution in [2.75, 3.05) is 31.1 Å². The van der Waals surface area contributed by atoms with E-state index in [0.29, 0.717) is 0 Å². The smallest absolute Gasteiger partial charge is 0.168 e. The molecule has 1 aromatic carbocycles. The topological polar surface area (TPSA) is 58.9 Å². The standard InChI is InChI=1S/C19H23FN6/c1-3-4-16-22-18(25-11-9-21-10-12-25)17-13(2)24-26(19(17)23-16)15-7-5-14(20)6-8-15/h5-8,21H,3-4,9-12H2,1-2H3. The summed E-state index contributed by atoms with van der Waals surface area (Å²) in [5.74, 6) is 1.53. The van der Waals surface area contributed by atoms with Crippen LogP contribution in [-0.4, -0.2) is 45.9 Å². The summed E-state index contributed by atoms with van der Waals surface area (Å²) in [5.41, 5.74) is 2.49. The van der Waals surface area contributed by atoms with Gasteiger partial charge in [-0.3, -0.25) is 0 Å². The van der Waals surface area contributed by atoms with Crippen LogP contribution in [0.4, 0.5) is 10.2 Å². The minimum Gasteiger partial charge on any atom is -0.353 e. The Morgan fingerprint density at radius 1 is 1.12 bits per heavy atom. The molecule has 2 aromatic heterocycles. The van der Waals surface area contributed by atoms with Crippen molar-refractivity contribution in [2.24, 2.45) is 0 Å². The molecule has 0 unspecified atom stereocenters. The van der Waals surface area contributed by atoms with Crippen LogP contribution < -0.4 is 10.2 Å². The fraction of sp³-hybridized carbons (Fsp3) is 0.421. The number of nitrogens with zero attached hydrogens (tertiary/aromatic N) is 5. The molecule has 0 aliphatic carbocycles. The van der Waals surface area contributed by atoms with Crippen molar-refractivity contribution in [3.63, 3.8) is 0 Å². The summed E-state index contributed by atoms with van der Waals surface area (Å²) in [6, 6.07) is 6.35. The molecule has 0 radical (unpaired) electrons. The van der Waals surface area contributed by atoms with Crippen molar-refractivity contribution >= 4 is 16.9 Å². The van der Waals surface area contributed by atoms with Gasteiger partial charge in [0.15, 0.2) is 5.65 Å². The Morgan fingerprint density at radius 2 is 1.85 bits per heavy atom. The number of aromatic nitrogens is 4. The second-order valence-corrected chi connectivity index (χ2v) is 6.62. The zero-order chi connectivity index (χ0) is 18.1. The van der Waals surface area contributed by atoms with E-state index >= 15 is 0 Å². The van der Waals surface area contributed by atoms with E-state index in [0.717, 1.165) is 73.1 Å². The number of hydrogen-bond acceptors (Lipinski definition) is 5. The Bertz CT molecular complexity index is 912. The van der Waals surface area contributed by atoms with Crippen molar-refractivity contribution in [3.05, 3.63) is 41.6 Å². The number of piperazine rings is 1. The third kappa shape index (κ3) is 3.03. The Kier molecular flexibility index (Phi) is 4.55. The minimum absolute atomic E-state index is 0.260. The maximum Gasteiger partial charge on any atom is 0.168 e. The van der Waals surface area contributed by atoms with Crippen LogP contribution in [0.5, 0.6) is 0 Å². The number of anilines is 1. The molecule has 0 saturated carbocycles. The molecular formula is C19H23FN6. The lowest BCUT2D eigenvalue weighted by Crippen LogP contribution is -2.44. The zero-order valence-electron chi connectivity index (χ0n) is 15.2. The van der Waals surface area contributed by atoms with Crippen molar-refractivity contribution in [3.8, 4) is 5.69 Å². The normalized spacial score (nSPS) is 15.0. The lowest BCUT2D eigenvalue weighted by molar-refractivity contribution is 0.585. The van der Waals surface area contributed by atoms with Crippen molar-refractivity contribution in [1.29, 1.82) is 0 Å². The highest BCUT2D eigenvalue weighted by Crippen LogP contribution is 2.29. The number of aryl methyl sites for hydroxylation is 2. The van der Waals surface area contributed by atoms with E-state index in [1.54, 1.807) is 16.8 Å². The summed E-state index contributed by atoms with van der Waals surface area (Å²) in [7, 11) is 0. The molecule has 26 heavy (non-hydrogen) atoms. The molecule has 0 spiro atoms. The number of halogens is 1. The number of hydrogen-bond donors (Lipinski definition) is 1. The van der Waals surface area contributed by atoms with Gasteiger partial charge in [-0.05, 0) is 37.6 Å². The van der Waals surface area contributed by atoms with E-state index in [9.17, 15) is 4.39 Å². The second-order valence-electron chi connectivity index (χ2n) is 6.62. The minimum atomic E-state index is -0.260. The van der Waals surface area contributed by atoms with Crippen LogP contribution in [0.25, 0.3) is 16.7 Å². The van der Waals surface area contributed by atoms with Gasteiger partial charge in [0.1, 0.15) is 17.5 Å². The zero-order valence-corrected chi connectivity index (χ0v) is 15.2. The average molecular weight is 354 g/mol. The molecule has 0 amide bonds. The third-order valence-corrected chi connectivity index (χ3v) is 4.69. The Labute approximate surface area is 152 Å². The predicted octanol–water partition coefficient (Wildman–Crippen LogP) is 2.63. The van der Waals surface area contributed by atoms with Crippen molar-refractivity contribution in [2.45, 2.75) is 26.7 Å². The fourth-order valence-corrected chi connectivity index (χ4v) is 3.41. The number of benzene rings is 1. The maximum atomic E-state index is 13.3. The molecule has 1 N–H and O–H groups in total. The van der Waals surface area contributed by atoms with E-state index < -0.39 is 0 Å². The average Bonchev–Trinajstić information content (AvgIpc) is 2.99. The van der Waals surface area contributed by atoms with Crippen LogP contribution in [0.15, 0.2) is 24.3 Å². The van der Waals surface area contributed by atoms with Gasteiger partial charge in [-0.1, -0.05) is 6.92 Å². The molecular weight excluding hydrogens is 331 g/mol. The van der Waals surface area contributed by atoms with Crippen LogP contribution in [-0.2, 0) is 6.42 Å². The summed E-state index contributed by atoms with van der Waals surface area (Å²) >= 11 is 0. The summed E-state index contributed by atoms with van der Waals surface area (Å²) in [6.07, 6.45) is 1.80. The van der Waals surface area contributed by atoms with Crippen LogP contribution >= 0.6 is 0 Å². The largest absolute Gasteiger partial charge is 0.353 e. The molecule has 1 aliphatic rings. The first kappa shape index (κ1) is 16.9. The Balaban J connectivity index is 1.92. The summed E-state index contributed by atoms with van der Waals surface area (Å²) in [6.45, 7) is 7.83. The molecule has 1 saturated heterocycles. The maximum absolute atomic E-state index is 13.3. The monoisotopic (exact) mass is 354 g/mol. The summed E-state index contributed by atoms with van der Waals surface area (Å²) in [5, 5.41) is 9.06. The van der Waals surface area contributed by atoms with E-state index in [1.807, 2.05) is 6.92 Å². The Morgan fingerprint density at radius 3 is 2.54 bits per heavy atom. The highest BCUT2D eigenvalue weighted by molar-refractivity contribution is 5.91. The first-order valence-electron chi connectivity index (χ1n) is 9.15. The van der Waals surface area contributed by atoms with E-state index in [4.69, 9.17) is 15.1 Å². The highest BCUT2D eigenvalue weighted by Gasteiger charge is 2.22. The molecule has 0 atom stereocenters. The Hall–Kier alpha value is -2.54. The third-order valence-electron chi connectivity index (χ3n) is 4.69. The molecule has 3 aromatic rings. The summed E-state index contributed by atoms with van der Waals surface area (Å²) < 4.78 is 15.1. The van der Waals surface area contributed by atoms with Crippen LogP contribution in [0, 0.1) is 12.7 Å². The van der Waals surface area contributed by atoms with E-state index in [2.05, 4.69) is 17.1 Å². The van der Waals surface area contributed by atoms with Crippen molar-refractivity contribution in [1.82, 2.24) is 25.1 Å². The molecule has 0 bridgehead atoms. The van der Waals surface area contributed by atoms with Crippen LogP contribution in [0.1, 0.15) is 24.9 Å². The van der Waals surface area contributed by atoms with Crippen LogP contribution in [0.3, 0.4) is 0 Å². The van der Waals surface area contributed by atoms with Gasteiger partial charge in [0.2, 0.25) is 0 Å². The SMILES string of the molecule is CCCc1nc(N2CCNCC2)c2c(C)nn(-c3ccc(F)cc3)c2n1. The number of nitrogens with one attached hydrogen (secondary N) is 1. The second kappa shape index (κ2) is 6.99. The first-order valence-corrected chi connectivity index (χ1v) is 9.15. The van der Waals surface area contributed by atoms with E-state index in [-0.39, 0.29) is 5.82 Å². The lowest BCUT2D eigenvalue weighted by Gasteiger charge is -2.29. The quantitative estimate of drug-likeness (QED) is 0.780. The van der Waals surface area contributed by atoms with Gasteiger partial charge in [-0.2, -0.15) is 5.10 Å². The van der Waals surface area contributed by atoms with E-state index in [1.165, 1.54) is 12.1 Å². The van der Waals surface area contributed by atoms with Gasteiger partial charge < -0.3 is 10.2 Å². The van der Waals surface area contributed by atoms with Gasteiger partial charge in [-0.25, -0.2) is 19.0 Å². The molecule has 1 aliphatic heterocycles. The number of fused-ring (bicyclic) bond motifs is 1. The van der Waals surface area contributed by atoms with Crippen LogP contribution in [0.2, 0.25) is 0 Å². The fourth-order valence-electron chi connectivity index (χ4n) is 3.41. The molecule has 7 heteroatoms. The van der Waals surface area contributed by atoms with Gasteiger partial charge in [0.05, 0.1) is 16.8 Å². The van der Waals surface area contributed by atoms with Gasteiger partial charge >= 0.3 is 0 Å². The van der Waals surface area contributed by atoms with Gasteiger partial charge in [0.25, 0.3) is 0 Å². The summed E-state index contributed by atoms with van der Waals surface area (Å²) in [4.78, 5) is 12.0. The van der Waals surface area contributed by atoms with Gasteiger partial charge in [0, 0.05) is 32.6 Å². The first-order chi connectivity index (χ1) is 12.7. The lowest BCUT2D eigenvalue weighted by atomic mass is 10.2. The molecule has 3 heterocycles. The molecule has 6 nitrogen and oxygen atoms in total. The number of rotatable bonds is 4. The predicted molar refractivity (Wildman–Crippen MR) is 100 cm³/mol. The molecule has 136 valence electrons.